The quantitative estimate of drug-likeness (QED) is 0.674. The molecule has 0 radical (unpaired) electrons. The van der Waals surface area contributed by atoms with Crippen LogP contribution >= 0.6 is 11.3 Å². The number of thiophene rings is 1. The van der Waals surface area contributed by atoms with E-state index in [2.05, 4.69) is 12.2 Å². The van der Waals surface area contributed by atoms with Gasteiger partial charge in [0.05, 0.1) is 32.2 Å². The van der Waals surface area contributed by atoms with Gasteiger partial charge >= 0.3 is 0 Å². The van der Waals surface area contributed by atoms with Crippen molar-refractivity contribution in [2.75, 3.05) is 32.7 Å². The van der Waals surface area contributed by atoms with Crippen molar-refractivity contribution in [2.24, 2.45) is 0 Å². The zero-order valence-electron chi connectivity index (χ0n) is 16.1. The van der Waals surface area contributed by atoms with Crippen molar-refractivity contribution < 1.29 is 18.1 Å². The first-order chi connectivity index (χ1) is 13.5. The molecular weight excluding hydrogens is 394 g/mol. The molecule has 0 bridgehead atoms. The molecule has 2 heterocycles. The molecule has 0 aliphatic carbocycles. The molecular formula is C20H28N3O3S2+. The first-order valence-electron chi connectivity index (χ1n) is 9.72. The maximum Gasteiger partial charge on any atom is 0.275 e. The number of carbonyl (C=O) groups is 1. The summed E-state index contributed by atoms with van der Waals surface area (Å²) in [5.41, 5.74) is 1.12. The summed E-state index contributed by atoms with van der Waals surface area (Å²) in [5.74, 6) is 0.0202. The third kappa shape index (κ3) is 5.20. The number of amides is 1. The summed E-state index contributed by atoms with van der Waals surface area (Å²) in [6.07, 6.45) is 1.89. The fourth-order valence-corrected chi connectivity index (χ4v) is 6.11. The lowest BCUT2D eigenvalue weighted by molar-refractivity contribution is -0.895. The van der Waals surface area contributed by atoms with Gasteiger partial charge in [-0.05, 0) is 23.4 Å². The van der Waals surface area contributed by atoms with E-state index in [4.69, 9.17) is 0 Å². The topological polar surface area (TPSA) is 70.9 Å². The molecule has 2 aromatic rings. The first kappa shape index (κ1) is 21.0. The number of benzene rings is 1. The molecule has 8 heteroatoms. The van der Waals surface area contributed by atoms with E-state index in [-0.39, 0.29) is 11.9 Å². The van der Waals surface area contributed by atoms with Crippen LogP contribution < -0.4 is 10.2 Å². The Labute approximate surface area is 171 Å². The molecule has 152 valence electrons. The lowest BCUT2D eigenvalue weighted by Crippen LogP contribution is -3.15. The van der Waals surface area contributed by atoms with Crippen molar-refractivity contribution in [3.63, 3.8) is 0 Å². The Morgan fingerprint density at radius 3 is 2.50 bits per heavy atom. The van der Waals surface area contributed by atoms with Crippen LogP contribution in [0.2, 0.25) is 0 Å². The lowest BCUT2D eigenvalue weighted by atomic mass is 10.0. The highest BCUT2D eigenvalue weighted by Crippen LogP contribution is 2.20. The van der Waals surface area contributed by atoms with Gasteiger partial charge in [0.1, 0.15) is 4.21 Å². The van der Waals surface area contributed by atoms with Crippen LogP contribution in [0.15, 0.2) is 52.1 Å². The number of nitrogens with zero attached hydrogens (tertiary/aromatic N) is 1. The summed E-state index contributed by atoms with van der Waals surface area (Å²) in [6, 6.07) is 13.5. The van der Waals surface area contributed by atoms with Gasteiger partial charge in [-0.3, -0.25) is 4.79 Å². The Hall–Kier alpha value is -1.74. The van der Waals surface area contributed by atoms with Crippen molar-refractivity contribution in [1.82, 2.24) is 9.62 Å². The van der Waals surface area contributed by atoms with Crippen LogP contribution in [0.25, 0.3) is 0 Å². The van der Waals surface area contributed by atoms with Gasteiger partial charge < -0.3 is 10.2 Å². The number of rotatable bonds is 8. The normalized spacial score (nSPS) is 17.3. The number of carbonyl (C=O) groups excluding carboxylic acids is 1. The number of nitrogens with one attached hydrogen (secondary N) is 2. The van der Waals surface area contributed by atoms with Crippen LogP contribution in [0.1, 0.15) is 31.4 Å². The predicted molar refractivity (Wildman–Crippen MR) is 111 cm³/mol. The van der Waals surface area contributed by atoms with Crippen LogP contribution in [-0.4, -0.2) is 51.4 Å². The third-order valence-corrected chi connectivity index (χ3v) is 8.32. The van der Waals surface area contributed by atoms with Crippen LogP contribution in [-0.2, 0) is 14.8 Å². The summed E-state index contributed by atoms with van der Waals surface area (Å²) in [4.78, 5) is 13.7. The zero-order chi connectivity index (χ0) is 20.0. The molecule has 6 nitrogen and oxygen atoms in total. The Morgan fingerprint density at radius 2 is 1.89 bits per heavy atom. The molecule has 1 aliphatic rings. The summed E-state index contributed by atoms with van der Waals surface area (Å²) >= 11 is 1.24. The van der Waals surface area contributed by atoms with Gasteiger partial charge in [-0.1, -0.05) is 49.7 Å². The van der Waals surface area contributed by atoms with Crippen molar-refractivity contribution in [1.29, 1.82) is 0 Å². The van der Waals surface area contributed by atoms with Crippen molar-refractivity contribution in [3.8, 4) is 0 Å². The Balaban J connectivity index is 1.52. The van der Waals surface area contributed by atoms with E-state index < -0.39 is 10.0 Å². The fourth-order valence-electron chi connectivity index (χ4n) is 3.53. The first-order valence-corrected chi connectivity index (χ1v) is 12.0. The van der Waals surface area contributed by atoms with E-state index in [1.54, 1.807) is 17.5 Å². The highest BCUT2D eigenvalue weighted by atomic mass is 32.2. The molecule has 1 aliphatic heterocycles. The molecule has 1 fully saturated rings. The van der Waals surface area contributed by atoms with Gasteiger partial charge in [0, 0.05) is 0 Å². The van der Waals surface area contributed by atoms with Gasteiger partial charge in [-0.15, -0.1) is 11.3 Å². The zero-order valence-corrected chi connectivity index (χ0v) is 17.8. The smallest absolute Gasteiger partial charge is 0.275 e. The van der Waals surface area contributed by atoms with E-state index in [0.717, 1.165) is 23.3 Å². The van der Waals surface area contributed by atoms with Crippen molar-refractivity contribution >= 4 is 27.3 Å². The van der Waals surface area contributed by atoms with Gasteiger partial charge in [0.25, 0.3) is 15.9 Å². The highest BCUT2D eigenvalue weighted by molar-refractivity contribution is 7.91. The molecule has 1 aromatic carbocycles. The van der Waals surface area contributed by atoms with Crippen molar-refractivity contribution in [3.05, 3.63) is 53.4 Å². The summed E-state index contributed by atoms with van der Waals surface area (Å²) < 4.78 is 27.1. The molecule has 0 spiro atoms. The predicted octanol–water partition coefficient (Wildman–Crippen LogP) is 1.29. The van der Waals surface area contributed by atoms with Gasteiger partial charge in [0.2, 0.25) is 0 Å². The molecule has 0 unspecified atom stereocenters. The third-order valence-electron chi connectivity index (χ3n) is 5.04. The SMILES string of the molecule is CCC[C@@H](NC(=O)C[NH+]1CCN(S(=O)(=O)c2cccs2)CC1)c1ccccc1. The molecule has 1 aromatic heterocycles. The van der Waals surface area contributed by atoms with E-state index >= 15 is 0 Å². The number of hydrogen-bond donors (Lipinski definition) is 2. The second-order valence-electron chi connectivity index (χ2n) is 7.08. The van der Waals surface area contributed by atoms with Crippen LogP contribution in [0.3, 0.4) is 0 Å². The maximum atomic E-state index is 12.6. The standard InChI is InChI=1S/C20H27N3O3S2/c1-2-7-18(17-8-4-3-5-9-17)21-19(24)16-22-11-13-23(14-12-22)28(25,26)20-10-6-15-27-20/h3-6,8-10,15,18H,2,7,11-14,16H2,1H3,(H,21,24)/p+1/t18-/m1/s1. The molecule has 1 amide bonds. The Kier molecular flexibility index (Phi) is 7.23. The second kappa shape index (κ2) is 9.65. The average Bonchev–Trinajstić information content (AvgIpc) is 3.24. The molecule has 28 heavy (non-hydrogen) atoms. The number of sulfonamides is 1. The fraction of sp³-hybridized carbons (Fsp3) is 0.450. The van der Waals surface area contributed by atoms with Gasteiger partial charge in [-0.2, -0.15) is 4.31 Å². The summed E-state index contributed by atoms with van der Waals surface area (Å²) in [7, 11) is -3.40. The molecule has 0 saturated carbocycles. The minimum atomic E-state index is -3.40. The minimum Gasteiger partial charge on any atom is -0.344 e. The maximum absolute atomic E-state index is 12.6. The van der Waals surface area contributed by atoms with Crippen LogP contribution in [0, 0.1) is 0 Å². The lowest BCUT2D eigenvalue weighted by Gasteiger charge is -2.31. The summed E-state index contributed by atoms with van der Waals surface area (Å²) in [6.45, 7) is 4.66. The van der Waals surface area contributed by atoms with Crippen molar-refractivity contribution in [2.45, 2.75) is 30.0 Å². The largest absolute Gasteiger partial charge is 0.344 e. The molecule has 2 N–H and O–H groups in total. The molecule has 1 saturated heterocycles. The van der Waals surface area contributed by atoms with Crippen LogP contribution in [0.5, 0.6) is 0 Å². The Bertz CT molecular complexity index is 846. The van der Waals surface area contributed by atoms with E-state index in [1.165, 1.54) is 15.6 Å². The van der Waals surface area contributed by atoms with Gasteiger partial charge in [-0.25, -0.2) is 8.42 Å². The van der Waals surface area contributed by atoms with Crippen LogP contribution in [0.4, 0.5) is 0 Å². The van der Waals surface area contributed by atoms with E-state index in [9.17, 15) is 13.2 Å². The monoisotopic (exact) mass is 422 g/mol. The van der Waals surface area contributed by atoms with E-state index in [0.29, 0.717) is 36.9 Å². The second-order valence-corrected chi connectivity index (χ2v) is 10.2. The molecule has 1 atom stereocenters. The number of piperazine rings is 1. The summed E-state index contributed by atoms with van der Waals surface area (Å²) in [5, 5.41) is 4.93. The number of quaternary nitrogens is 1. The minimum absolute atomic E-state index is 0.0202. The van der Waals surface area contributed by atoms with E-state index in [1.807, 2.05) is 30.3 Å². The number of hydrogen-bond acceptors (Lipinski definition) is 4. The molecule has 3 rings (SSSR count). The Morgan fingerprint density at radius 1 is 1.18 bits per heavy atom. The average molecular weight is 423 g/mol. The highest BCUT2D eigenvalue weighted by Gasteiger charge is 2.31. The van der Waals surface area contributed by atoms with Gasteiger partial charge in [0.15, 0.2) is 6.54 Å².